The van der Waals surface area contributed by atoms with Crippen molar-refractivity contribution in [1.82, 2.24) is 20.3 Å². The van der Waals surface area contributed by atoms with Crippen LogP contribution in [0.5, 0.6) is 0 Å². The van der Waals surface area contributed by atoms with Gasteiger partial charge in [-0.1, -0.05) is 36.8 Å². The fourth-order valence-electron chi connectivity index (χ4n) is 2.00. The van der Waals surface area contributed by atoms with Gasteiger partial charge >= 0.3 is 0 Å². The zero-order valence-corrected chi connectivity index (χ0v) is 13.3. The molecular weight excluding hydrogens is 304 g/mol. The molecule has 0 atom stereocenters. The number of hydrogen-bond acceptors (Lipinski definition) is 3. The third-order valence-corrected chi connectivity index (χ3v) is 3.54. The number of rotatable bonds is 4. The van der Waals surface area contributed by atoms with Crippen LogP contribution in [-0.4, -0.2) is 21.0 Å². The Hall–Kier alpha value is -1.20. The number of nitrogens with one attached hydrogen (secondary N) is 1. The summed E-state index contributed by atoms with van der Waals surface area (Å²) in [6, 6.07) is 6.95. The fraction of sp³-hybridized carbons (Fsp3) is 0.429. The first-order valence-electron chi connectivity index (χ1n) is 6.37. The predicted octanol–water partition coefficient (Wildman–Crippen LogP) is 3.05. The van der Waals surface area contributed by atoms with Crippen molar-refractivity contribution in [2.75, 3.05) is 0 Å². The molecule has 1 heterocycles. The lowest BCUT2D eigenvalue weighted by atomic mass is 10.0. The Morgan fingerprint density at radius 2 is 2.11 bits per heavy atom. The molecule has 0 amide bonds. The summed E-state index contributed by atoms with van der Waals surface area (Å²) in [6.07, 6.45) is 0. The monoisotopic (exact) mass is 322 g/mol. The fourth-order valence-corrected chi connectivity index (χ4v) is 2.54. The van der Waals surface area contributed by atoms with Crippen molar-refractivity contribution >= 4 is 15.9 Å². The van der Waals surface area contributed by atoms with E-state index in [1.54, 1.807) is 4.68 Å². The van der Waals surface area contributed by atoms with Gasteiger partial charge < -0.3 is 5.32 Å². The predicted molar refractivity (Wildman–Crippen MR) is 80.9 cm³/mol. The summed E-state index contributed by atoms with van der Waals surface area (Å²) in [4.78, 5) is 0. The second kappa shape index (κ2) is 5.84. The SMILES string of the molecule is Cc1ccc(CNC(C)C)c(-c2c(Br)nnn2C)c1. The molecule has 2 aromatic rings. The molecule has 1 aromatic heterocycles. The number of halogens is 1. The first-order chi connectivity index (χ1) is 8.99. The highest BCUT2D eigenvalue weighted by Gasteiger charge is 2.14. The van der Waals surface area contributed by atoms with Gasteiger partial charge in [0.25, 0.3) is 0 Å². The van der Waals surface area contributed by atoms with Gasteiger partial charge in [0.05, 0.1) is 0 Å². The van der Waals surface area contributed by atoms with E-state index in [1.165, 1.54) is 16.7 Å². The third kappa shape index (κ3) is 3.22. The number of benzene rings is 1. The van der Waals surface area contributed by atoms with Crippen LogP contribution in [-0.2, 0) is 13.6 Å². The maximum Gasteiger partial charge on any atom is 0.156 e. The quantitative estimate of drug-likeness (QED) is 0.940. The van der Waals surface area contributed by atoms with Crippen molar-refractivity contribution in [3.8, 4) is 11.3 Å². The molecule has 2 rings (SSSR count). The lowest BCUT2D eigenvalue weighted by molar-refractivity contribution is 0.589. The summed E-state index contributed by atoms with van der Waals surface area (Å²) in [6.45, 7) is 7.23. The standard InChI is InChI=1S/C14H19BrN4/c1-9(2)16-8-11-6-5-10(3)7-12(11)13-14(15)17-18-19(13)4/h5-7,9,16H,8H2,1-4H3. The van der Waals surface area contributed by atoms with Crippen LogP contribution in [0.4, 0.5) is 0 Å². The summed E-state index contributed by atoms with van der Waals surface area (Å²) < 4.78 is 2.59. The first kappa shape index (κ1) is 14.2. The number of hydrogen-bond donors (Lipinski definition) is 1. The molecule has 102 valence electrons. The molecular formula is C14H19BrN4. The van der Waals surface area contributed by atoms with Gasteiger partial charge in [0, 0.05) is 25.2 Å². The second-order valence-electron chi connectivity index (χ2n) is 5.05. The lowest BCUT2D eigenvalue weighted by Gasteiger charge is -2.13. The molecule has 0 unspecified atom stereocenters. The van der Waals surface area contributed by atoms with E-state index >= 15 is 0 Å². The van der Waals surface area contributed by atoms with Crippen LogP contribution in [0.25, 0.3) is 11.3 Å². The van der Waals surface area contributed by atoms with E-state index in [0.717, 1.165) is 16.8 Å². The van der Waals surface area contributed by atoms with E-state index in [1.807, 2.05) is 7.05 Å². The Balaban J connectivity index is 2.46. The lowest BCUT2D eigenvalue weighted by Crippen LogP contribution is -2.22. The van der Waals surface area contributed by atoms with Gasteiger partial charge in [0.2, 0.25) is 0 Å². The zero-order valence-electron chi connectivity index (χ0n) is 11.7. The van der Waals surface area contributed by atoms with E-state index < -0.39 is 0 Å². The smallest absolute Gasteiger partial charge is 0.156 e. The van der Waals surface area contributed by atoms with Gasteiger partial charge in [-0.2, -0.15) is 0 Å². The molecule has 0 spiro atoms. The van der Waals surface area contributed by atoms with Crippen LogP contribution in [0.1, 0.15) is 25.0 Å². The number of nitrogens with zero attached hydrogens (tertiary/aromatic N) is 3. The van der Waals surface area contributed by atoms with Crippen molar-refractivity contribution in [3.63, 3.8) is 0 Å². The van der Waals surface area contributed by atoms with Crippen LogP contribution in [0, 0.1) is 6.92 Å². The third-order valence-electron chi connectivity index (χ3n) is 3.01. The van der Waals surface area contributed by atoms with Gasteiger partial charge in [-0.25, -0.2) is 4.68 Å². The molecule has 1 N–H and O–H groups in total. The summed E-state index contributed by atoms with van der Waals surface area (Å²) in [5, 5.41) is 11.6. The van der Waals surface area contributed by atoms with Crippen molar-refractivity contribution < 1.29 is 0 Å². The average Bonchev–Trinajstić information content (AvgIpc) is 2.67. The highest BCUT2D eigenvalue weighted by Crippen LogP contribution is 2.29. The first-order valence-corrected chi connectivity index (χ1v) is 7.16. The minimum Gasteiger partial charge on any atom is -0.310 e. The van der Waals surface area contributed by atoms with Gasteiger partial charge in [0.1, 0.15) is 5.69 Å². The van der Waals surface area contributed by atoms with Crippen LogP contribution < -0.4 is 5.32 Å². The molecule has 19 heavy (non-hydrogen) atoms. The highest BCUT2D eigenvalue weighted by molar-refractivity contribution is 9.10. The molecule has 4 nitrogen and oxygen atoms in total. The van der Waals surface area contributed by atoms with E-state index in [-0.39, 0.29) is 0 Å². The molecule has 0 bridgehead atoms. The Bertz CT molecular complexity index is 555. The average molecular weight is 323 g/mol. The van der Waals surface area contributed by atoms with Crippen LogP contribution in [0.2, 0.25) is 0 Å². The molecule has 0 saturated carbocycles. The second-order valence-corrected chi connectivity index (χ2v) is 5.80. The maximum atomic E-state index is 4.07. The van der Waals surface area contributed by atoms with Crippen molar-refractivity contribution in [1.29, 1.82) is 0 Å². The Morgan fingerprint density at radius 3 is 2.68 bits per heavy atom. The molecule has 0 radical (unpaired) electrons. The number of aromatic nitrogens is 3. The summed E-state index contributed by atoms with van der Waals surface area (Å²) >= 11 is 3.48. The molecule has 0 saturated heterocycles. The van der Waals surface area contributed by atoms with Crippen molar-refractivity contribution in [2.24, 2.45) is 7.05 Å². The minimum absolute atomic E-state index is 0.460. The molecule has 1 aromatic carbocycles. The maximum absolute atomic E-state index is 4.07. The van der Waals surface area contributed by atoms with E-state index in [4.69, 9.17) is 0 Å². The van der Waals surface area contributed by atoms with E-state index in [2.05, 4.69) is 70.5 Å². The van der Waals surface area contributed by atoms with Gasteiger partial charge in [-0.15, -0.1) is 5.10 Å². The molecule has 0 fully saturated rings. The van der Waals surface area contributed by atoms with Crippen LogP contribution >= 0.6 is 15.9 Å². The van der Waals surface area contributed by atoms with Crippen LogP contribution in [0.3, 0.4) is 0 Å². The van der Waals surface area contributed by atoms with Gasteiger partial charge in [-0.3, -0.25) is 0 Å². The minimum atomic E-state index is 0.460. The number of aryl methyl sites for hydroxylation is 2. The molecule has 5 heteroatoms. The van der Waals surface area contributed by atoms with Crippen molar-refractivity contribution in [3.05, 3.63) is 33.9 Å². The van der Waals surface area contributed by atoms with Gasteiger partial charge in [-0.05, 0) is 34.5 Å². The molecule has 0 aliphatic heterocycles. The summed E-state index contributed by atoms with van der Waals surface area (Å²) in [5.41, 5.74) is 4.68. The Morgan fingerprint density at radius 1 is 1.37 bits per heavy atom. The molecule has 0 aliphatic carbocycles. The van der Waals surface area contributed by atoms with Crippen molar-refractivity contribution in [2.45, 2.75) is 33.4 Å². The van der Waals surface area contributed by atoms with E-state index in [0.29, 0.717) is 6.04 Å². The highest BCUT2D eigenvalue weighted by atomic mass is 79.9. The normalized spacial score (nSPS) is 11.3. The topological polar surface area (TPSA) is 42.7 Å². The van der Waals surface area contributed by atoms with Gasteiger partial charge in [0.15, 0.2) is 4.60 Å². The van der Waals surface area contributed by atoms with Crippen LogP contribution in [0.15, 0.2) is 22.8 Å². The zero-order chi connectivity index (χ0) is 14.0. The largest absolute Gasteiger partial charge is 0.310 e. The summed E-state index contributed by atoms with van der Waals surface area (Å²) in [5.74, 6) is 0. The molecule has 0 aliphatic rings. The van der Waals surface area contributed by atoms with E-state index in [9.17, 15) is 0 Å². The summed E-state index contributed by atoms with van der Waals surface area (Å²) in [7, 11) is 1.91. The Labute approximate surface area is 122 Å². The Kier molecular flexibility index (Phi) is 4.37.